The summed E-state index contributed by atoms with van der Waals surface area (Å²) in [5.74, 6) is -2.50. The zero-order valence-electron chi connectivity index (χ0n) is 19.9. The highest BCUT2D eigenvalue weighted by Crippen LogP contribution is 2.43. The lowest BCUT2D eigenvalue weighted by atomic mass is 9.81. The first-order valence-electron chi connectivity index (χ1n) is 11.5. The van der Waals surface area contributed by atoms with Crippen molar-refractivity contribution in [1.29, 1.82) is 0 Å². The molecule has 0 saturated heterocycles. The van der Waals surface area contributed by atoms with E-state index >= 15 is 0 Å². The Morgan fingerprint density at radius 2 is 1.54 bits per heavy atom. The molecule has 4 rings (SSSR count). The molecule has 0 fully saturated rings. The lowest BCUT2D eigenvalue weighted by molar-refractivity contribution is -0.149. The summed E-state index contributed by atoms with van der Waals surface area (Å²) in [5, 5.41) is 21.8. The van der Waals surface area contributed by atoms with Crippen molar-refractivity contribution in [2.75, 3.05) is 19.0 Å². The number of phenols is 2. The highest BCUT2D eigenvalue weighted by molar-refractivity contribution is 6.30. The molecule has 0 heterocycles. The molecule has 0 aromatic heterocycles. The minimum Gasteiger partial charge on any atom is -0.507 e. The summed E-state index contributed by atoms with van der Waals surface area (Å²) in [6, 6.07) is 15.0. The molecule has 7 heteroatoms. The van der Waals surface area contributed by atoms with Gasteiger partial charge in [0.25, 0.3) is 0 Å². The SMILES string of the molecule is CCCC(OC(=O)Cc1ccc(N(C)C)cc1)c1cc(O)c2c(c1O)C(=O)c1ccccc1C2=O. The second-order valence-corrected chi connectivity index (χ2v) is 8.79. The quantitative estimate of drug-likeness (QED) is 0.299. The van der Waals surface area contributed by atoms with Gasteiger partial charge in [-0.2, -0.15) is 0 Å². The van der Waals surface area contributed by atoms with Crippen molar-refractivity contribution in [3.05, 3.63) is 88.0 Å². The van der Waals surface area contributed by atoms with Gasteiger partial charge in [-0.25, -0.2) is 0 Å². The number of ketones is 2. The van der Waals surface area contributed by atoms with Gasteiger partial charge in [-0.3, -0.25) is 14.4 Å². The predicted molar refractivity (Wildman–Crippen MR) is 131 cm³/mol. The molecule has 0 bridgehead atoms. The highest BCUT2D eigenvalue weighted by atomic mass is 16.5. The molecule has 35 heavy (non-hydrogen) atoms. The van der Waals surface area contributed by atoms with Crippen molar-refractivity contribution in [2.24, 2.45) is 0 Å². The van der Waals surface area contributed by atoms with Gasteiger partial charge in [-0.05, 0) is 30.2 Å². The zero-order valence-corrected chi connectivity index (χ0v) is 19.9. The summed E-state index contributed by atoms with van der Waals surface area (Å²) in [5.41, 5.74) is 1.69. The van der Waals surface area contributed by atoms with Crippen LogP contribution in [0.2, 0.25) is 0 Å². The van der Waals surface area contributed by atoms with Crippen molar-refractivity contribution in [1.82, 2.24) is 0 Å². The number of aromatic hydroxyl groups is 2. The van der Waals surface area contributed by atoms with Crippen LogP contribution >= 0.6 is 0 Å². The number of phenolic OH excluding ortho intramolecular Hbond substituents is 2. The topological polar surface area (TPSA) is 104 Å². The van der Waals surface area contributed by atoms with E-state index < -0.39 is 35.1 Å². The Kier molecular flexibility index (Phi) is 6.60. The zero-order chi connectivity index (χ0) is 25.3. The van der Waals surface area contributed by atoms with Crippen molar-refractivity contribution in [3.63, 3.8) is 0 Å². The molecule has 2 N–H and O–H groups in total. The van der Waals surface area contributed by atoms with Gasteiger partial charge in [0.1, 0.15) is 17.6 Å². The van der Waals surface area contributed by atoms with Crippen LogP contribution in [0, 0.1) is 0 Å². The number of benzene rings is 3. The van der Waals surface area contributed by atoms with Gasteiger partial charge in [-0.15, -0.1) is 0 Å². The monoisotopic (exact) mass is 473 g/mol. The van der Waals surface area contributed by atoms with Gasteiger partial charge >= 0.3 is 5.97 Å². The van der Waals surface area contributed by atoms with Crippen LogP contribution in [0.15, 0.2) is 54.6 Å². The van der Waals surface area contributed by atoms with E-state index in [9.17, 15) is 24.6 Å². The summed E-state index contributed by atoms with van der Waals surface area (Å²) in [7, 11) is 3.85. The van der Waals surface area contributed by atoms with E-state index in [0.29, 0.717) is 12.8 Å². The van der Waals surface area contributed by atoms with Gasteiger partial charge < -0.3 is 19.8 Å². The summed E-state index contributed by atoms with van der Waals surface area (Å²) >= 11 is 0. The fourth-order valence-corrected chi connectivity index (χ4v) is 4.34. The highest BCUT2D eigenvalue weighted by Gasteiger charge is 2.37. The first-order chi connectivity index (χ1) is 16.7. The third kappa shape index (κ3) is 4.49. The van der Waals surface area contributed by atoms with Gasteiger partial charge in [0, 0.05) is 36.5 Å². The Morgan fingerprint density at radius 1 is 0.943 bits per heavy atom. The molecule has 1 aliphatic rings. The van der Waals surface area contributed by atoms with Gasteiger partial charge in [-0.1, -0.05) is 49.7 Å². The number of esters is 1. The Morgan fingerprint density at radius 3 is 2.11 bits per heavy atom. The van der Waals surface area contributed by atoms with Crippen molar-refractivity contribution < 1.29 is 29.3 Å². The van der Waals surface area contributed by atoms with E-state index in [-0.39, 0.29) is 34.2 Å². The second kappa shape index (κ2) is 9.62. The van der Waals surface area contributed by atoms with Crippen LogP contribution in [0.5, 0.6) is 11.5 Å². The van der Waals surface area contributed by atoms with E-state index in [1.54, 1.807) is 12.1 Å². The molecular weight excluding hydrogens is 446 g/mol. The molecule has 1 aliphatic carbocycles. The van der Waals surface area contributed by atoms with Crippen LogP contribution in [0.3, 0.4) is 0 Å². The normalized spacial score (nSPS) is 13.1. The Bertz CT molecular complexity index is 1310. The van der Waals surface area contributed by atoms with Gasteiger partial charge in [0.05, 0.1) is 17.5 Å². The number of anilines is 1. The maximum atomic E-state index is 13.2. The van der Waals surface area contributed by atoms with Crippen LogP contribution in [0.1, 0.15) is 68.8 Å². The maximum absolute atomic E-state index is 13.2. The number of hydrogen-bond acceptors (Lipinski definition) is 7. The maximum Gasteiger partial charge on any atom is 0.310 e. The average molecular weight is 474 g/mol. The van der Waals surface area contributed by atoms with Crippen LogP contribution in [-0.4, -0.2) is 41.8 Å². The Hall–Kier alpha value is -4.13. The average Bonchev–Trinajstić information content (AvgIpc) is 2.83. The van der Waals surface area contributed by atoms with E-state index in [4.69, 9.17) is 4.74 Å². The number of nitrogens with zero attached hydrogens (tertiary/aromatic N) is 1. The third-order valence-electron chi connectivity index (χ3n) is 6.15. The fraction of sp³-hybridized carbons (Fsp3) is 0.250. The van der Waals surface area contributed by atoms with Crippen LogP contribution < -0.4 is 4.90 Å². The van der Waals surface area contributed by atoms with Gasteiger partial charge in [0.15, 0.2) is 11.6 Å². The molecule has 0 radical (unpaired) electrons. The summed E-state index contributed by atoms with van der Waals surface area (Å²) < 4.78 is 5.70. The van der Waals surface area contributed by atoms with Crippen LogP contribution in [-0.2, 0) is 16.0 Å². The summed E-state index contributed by atoms with van der Waals surface area (Å²) in [4.78, 5) is 40.8. The van der Waals surface area contributed by atoms with Crippen LogP contribution in [0.25, 0.3) is 0 Å². The number of fused-ring (bicyclic) bond motifs is 2. The van der Waals surface area contributed by atoms with E-state index in [0.717, 1.165) is 11.3 Å². The van der Waals surface area contributed by atoms with Crippen LogP contribution in [0.4, 0.5) is 5.69 Å². The lowest BCUT2D eigenvalue weighted by Gasteiger charge is -2.24. The molecule has 0 amide bonds. The largest absolute Gasteiger partial charge is 0.507 e. The molecule has 180 valence electrons. The molecule has 0 spiro atoms. The molecule has 0 saturated carbocycles. The minimum absolute atomic E-state index is 0.0242. The smallest absolute Gasteiger partial charge is 0.310 e. The van der Waals surface area contributed by atoms with E-state index in [2.05, 4.69) is 0 Å². The molecule has 3 aromatic carbocycles. The fourth-order valence-electron chi connectivity index (χ4n) is 4.34. The predicted octanol–water partition coefficient (Wildman–Crippen LogP) is 4.57. The van der Waals surface area contributed by atoms with Crippen molar-refractivity contribution >= 4 is 23.2 Å². The summed E-state index contributed by atoms with van der Waals surface area (Å²) in [6.07, 6.45) is 0.0964. The molecule has 3 aromatic rings. The standard InChI is InChI=1S/C28H27NO6/c1-4-7-22(35-23(31)14-16-10-12-17(13-11-16)29(2)3)20-15-21(30)24-25(28(20)34)27(33)19-9-6-5-8-18(19)26(24)32/h5-6,8-13,15,22,30,34H,4,7,14H2,1-3H3. The summed E-state index contributed by atoms with van der Waals surface area (Å²) in [6.45, 7) is 1.89. The Balaban J connectivity index is 1.65. The number of ether oxygens (including phenoxy) is 1. The van der Waals surface area contributed by atoms with Crippen molar-refractivity contribution in [3.8, 4) is 11.5 Å². The van der Waals surface area contributed by atoms with E-state index in [1.165, 1.54) is 18.2 Å². The second-order valence-electron chi connectivity index (χ2n) is 8.79. The first-order valence-corrected chi connectivity index (χ1v) is 11.5. The minimum atomic E-state index is -0.898. The molecule has 7 nitrogen and oxygen atoms in total. The number of rotatable bonds is 7. The van der Waals surface area contributed by atoms with E-state index in [1.807, 2.05) is 50.2 Å². The molecule has 1 atom stereocenters. The molecule has 0 aliphatic heterocycles. The number of hydrogen-bond donors (Lipinski definition) is 2. The van der Waals surface area contributed by atoms with Crippen molar-refractivity contribution in [2.45, 2.75) is 32.3 Å². The number of carbonyl (C=O) groups is 3. The third-order valence-corrected chi connectivity index (χ3v) is 6.15. The van der Waals surface area contributed by atoms with Gasteiger partial charge in [0.2, 0.25) is 0 Å². The number of carbonyl (C=O) groups excluding carboxylic acids is 3. The lowest BCUT2D eigenvalue weighted by Crippen LogP contribution is -2.22. The Labute approximate surface area is 203 Å². The molecule has 1 unspecified atom stereocenters. The molecular formula is C28H27NO6. The first kappa shape index (κ1) is 24.0.